The molecule has 88 valence electrons. The maximum absolute atomic E-state index is 13.3. The molecule has 0 nitrogen and oxygen atoms in total. The Bertz CT molecular complexity index is 426. The highest BCUT2D eigenvalue weighted by Crippen LogP contribution is 2.26. The van der Waals surface area contributed by atoms with E-state index in [1.54, 1.807) is 0 Å². The number of rotatable bonds is 2. The summed E-state index contributed by atoms with van der Waals surface area (Å²) in [5, 5.41) is -0.123. The first-order valence-corrected chi connectivity index (χ1v) is 4.97. The van der Waals surface area contributed by atoms with Gasteiger partial charge in [0.25, 0.3) is 0 Å². The predicted molar refractivity (Wildman–Crippen MR) is 54.5 cm³/mol. The van der Waals surface area contributed by atoms with Gasteiger partial charge in [-0.15, -0.1) is 0 Å². The smallest absolute Gasteiger partial charge is 0.165 e. The molecule has 1 aromatic carbocycles. The van der Waals surface area contributed by atoms with Crippen LogP contribution in [0.4, 0.5) is 17.6 Å². The molecule has 0 fully saturated rings. The van der Waals surface area contributed by atoms with Crippen molar-refractivity contribution in [1.82, 2.24) is 0 Å². The number of hydrogen-bond donors (Lipinski definition) is 0. The van der Waals surface area contributed by atoms with Crippen LogP contribution in [-0.4, -0.2) is 0 Å². The van der Waals surface area contributed by atoms with Crippen LogP contribution in [0.2, 0.25) is 0 Å². The average molecular weight is 273 g/mol. The molecule has 0 saturated heterocycles. The van der Waals surface area contributed by atoms with E-state index in [4.69, 9.17) is 23.2 Å². The van der Waals surface area contributed by atoms with Crippen molar-refractivity contribution in [1.29, 1.82) is 0 Å². The standard InChI is InChI=1S/C10H6Cl2F4/c1-4-7(13)9(15)6(2-5(12)3-11)10(16)8(4)14/h3H,2H2,1H3. The molecule has 0 aliphatic heterocycles. The molecule has 0 radical (unpaired) electrons. The fourth-order valence-electron chi connectivity index (χ4n) is 1.15. The number of benzene rings is 1. The molecule has 16 heavy (non-hydrogen) atoms. The van der Waals surface area contributed by atoms with Crippen molar-refractivity contribution < 1.29 is 17.6 Å². The lowest BCUT2D eigenvalue weighted by Crippen LogP contribution is -2.06. The first-order chi connectivity index (χ1) is 7.40. The van der Waals surface area contributed by atoms with Crippen LogP contribution in [0.1, 0.15) is 11.1 Å². The Morgan fingerprint density at radius 2 is 1.50 bits per heavy atom. The zero-order valence-corrected chi connectivity index (χ0v) is 9.56. The maximum Gasteiger partial charge on any atom is 0.165 e. The topological polar surface area (TPSA) is 0 Å². The summed E-state index contributed by atoms with van der Waals surface area (Å²) in [5.74, 6) is -5.75. The molecular weight excluding hydrogens is 267 g/mol. The van der Waals surface area contributed by atoms with Crippen LogP contribution in [0.3, 0.4) is 0 Å². The largest absolute Gasteiger partial charge is 0.203 e. The van der Waals surface area contributed by atoms with Gasteiger partial charge in [-0.25, -0.2) is 17.6 Å². The highest BCUT2D eigenvalue weighted by Gasteiger charge is 2.23. The molecule has 1 rings (SSSR count). The normalized spacial score (nSPS) is 12.1. The summed E-state index contributed by atoms with van der Waals surface area (Å²) in [5.41, 5.74) is -0.608. The van der Waals surface area contributed by atoms with Crippen molar-refractivity contribution in [3.63, 3.8) is 0 Å². The van der Waals surface area contributed by atoms with Gasteiger partial charge in [0.1, 0.15) is 0 Å². The van der Waals surface area contributed by atoms with Crippen LogP contribution in [0, 0.1) is 30.2 Å². The minimum atomic E-state index is -1.45. The second-order valence-electron chi connectivity index (χ2n) is 3.09. The highest BCUT2D eigenvalue weighted by atomic mass is 35.5. The van der Waals surface area contributed by atoms with E-state index in [9.17, 15) is 17.6 Å². The minimum absolute atomic E-state index is 0.123. The van der Waals surface area contributed by atoms with E-state index in [0.29, 0.717) is 0 Å². The molecule has 0 N–H and O–H groups in total. The first kappa shape index (κ1) is 13.3. The van der Waals surface area contributed by atoms with Crippen LogP contribution in [0.15, 0.2) is 10.6 Å². The SMILES string of the molecule is Cc1c(F)c(F)c(CC(Cl)=CCl)c(F)c1F. The summed E-state index contributed by atoms with van der Waals surface area (Å²) < 4.78 is 52.8. The molecule has 1 aromatic rings. The van der Waals surface area contributed by atoms with Gasteiger partial charge < -0.3 is 0 Å². The lowest BCUT2D eigenvalue weighted by atomic mass is 10.1. The second kappa shape index (κ2) is 5.06. The van der Waals surface area contributed by atoms with Crippen molar-refractivity contribution in [2.75, 3.05) is 0 Å². The van der Waals surface area contributed by atoms with E-state index in [2.05, 4.69) is 0 Å². The van der Waals surface area contributed by atoms with E-state index < -0.39 is 40.8 Å². The predicted octanol–water partition coefficient (Wildman–Crippen LogP) is 4.41. The molecule has 0 saturated carbocycles. The van der Waals surface area contributed by atoms with Crippen molar-refractivity contribution in [3.8, 4) is 0 Å². The summed E-state index contributed by atoms with van der Waals surface area (Å²) in [7, 11) is 0. The zero-order chi connectivity index (χ0) is 12.5. The lowest BCUT2D eigenvalue weighted by Gasteiger charge is -2.08. The van der Waals surface area contributed by atoms with E-state index in [0.717, 1.165) is 12.5 Å². The van der Waals surface area contributed by atoms with E-state index in [1.807, 2.05) is 0 Å². The van der Waals surface area contributed by atoms with Crippen molar-refractivity contribution in [2.45, 2.75) is 13.3 Å². The van der Waals surface area contributed by atoms with E-state index >= 15 is 0 Å². The summed E-state index contributed by atoms with van der Waals surface area (Å²) in [6.07, 6.45) is -0.503. The van der Waals surface area contributed by atoms with Crippen LogP contribution in [-0.2, 0) is 6.42 Å². The monoisotopic (exact) mass is 272 g/mol. The Morgan fingerprint density at radius 1 is 1.06 bits per heavy atom. The fraction of sp³-hybridized carbons (Fsp3) is 0.200. The van der Waals surface area contributed by atoms with Crippen LogP contribution in [0.25, 0.3) is 0 Å². The third-order valence-electron chi connectivity index (χ3n) is 2.04. The quantitative estimate of drug-likeness (QED) is 0.553. The van der Waals surface area contributed by atoms with Gasteiger partial charge in [-0.2, -0.15) is 0 Å². The fourth-order valence-corrected chi connectivity index (χ4v) is 1.36. The molecule has 0 bridgehead atoms. The third kappa shape index (κ3) is 2.33. The maximum atomic E-state index is 13.3. The van der Waals surface area contributed by atoms with Gasteiger partial charge in [0.05, 0.1) is 0 Å². The van der Waals surface area contributed by atoms with Gasteiger partial charge in [0.2, 0.25) is 0 Å². The average Bonchev–Trinajstić information content (AvgIpc) is 2.29. The number of halogens is 6. The molecular formula is C10H6Cl2F4. The number of hydrogen-bond acceptors (Lipinski definition) is 0. The van der Waals surface area contributed by atoms with E-state index in [-0.39, 0.29) is 5.03 Å². The second-order valence-corrected chi connectivity index (χ2v) is 3.80. The van der Waals surface area contributed by atoms with Gasteiger partial charge in [-0.1, -0.05) is 23.2 Å². The van der Waals surface area contributed by atoms with E-state index in [1.165, 1.54) is 0 Å². The Balaban J connectivity index is 3.40. The first-order valence-electron chi connectivity index (χ1n) is 4.16. The molecule has 0 unspecified atom stereocenters. The molecule has 6 heteroatoms. The molecule has 0 atom stereocenters. The molecule has 0 amide bonds. The van der Waals surface area contributed by atoms with Gasteiger partial charge in [0.15, 0.2) is 23.3 Å². The molecule has 0 aromatic heterocycles. The Kier molecular flexibility index (Phi) is 4.21. The van der Waals surface area contributed by atoms with Crippen molar-refractivity contribution >= 4 is 23.2 Å². The molecule has 0 heterocycles. The summed E-state index contributed by atoms with van der Waals surface area (Å²) in [6, 6.07) is 0. The van der Waals surface area contributed by atoms with Gasteiger partial charge in [-0.3, -0.25) is 0 Å². The number of allylic oxidation sites excluding steroid dienone is 1. The summed E-state index contributed by atoms with van der Waals surface area (Å²) in [4.78, 5) is 0. The Labute approximate surface area is 99.5 Å². The minimum Gasteiger partial charge on any atom is -0.203 e. The van der Waals surface area contributed by atoms with Crippen LogP contribution >= 0.6 is 23.2 Å². The van der Waals surface area contributed by atoms with Gasteiger partial charge >= 0.3 is 0 Å². The lowest BCUT2D eigenvalue weighted by molar-refractivity contribution is 0.433. The zero-order valence-electron chi connectivity index (χ0n) is 8.05. The van der Waals surface area contributed by atoms with Crippen LogP contribution in [0.5, 0.6) is 0 Å². The van der Waals surface area contributed by atoms with Gasteiger partial charge in [0, 0.05) is 28.1 Å². The highest BCUT2D eigenvalue weighted by molar-refractivity contribution is 6.36. The van der Waals surface area contributed by atoms with Crippen molar-refractivity contribution in [3.05, 3.63) is 45.0 Å². The van der Waals surface area contributed by atoms with Gasteiger partial charge in [-0.05, 0) is 6.92 Å². The molecule has 0 aliphatic rings. The Hall–Kier alpha value is -0.740. The van der Waals surface area contributed by atoms with Crippen LogP contribution < -0.4 is 0 Å². The Morgan fingerprint density at radius 3 is 1.88 bits per heavy atom. The molecule has 0 spiro atoms. The van der Waals surface area contributed by atoms with Crippen molar-refractivity contribution in [2.24, 2.45) is 0 Å². The summed E-state index contributed by atoms with van der Waals surface area (Å²) in [6.45, 7) is 0.944. The molecule has 0 aliphatic carbocycles. The third-order valence-corrected chi connectivity index (χ3v) is 2.66. The summed E-state index contributed by atoms with van der Waals surface area (Å²) >= 11 is 10.6.